The number of unbranched alkanes of at least 4 members (excludes halogenated alkanes) is 4. The molecule has 20 nitrogen and oxygen atoms in total. The number of nitrogens with one attached hydrogen (secondary N) is 1. The first-order valence-electron chi connectivity index (χ1n) is 37.2. The Morgan fingerprint density at radius 2 is 0.835 bits per heavy atom. The Kier molecular flexibility index (Phi) is 34.7. The Morgan fingerprint density at radius 1 is 0.477 bits per heavy atom. The molecule has 0 atom stereocenters. The molecule has 0 aromatic heterocycles. The largest absolute Gasteiger partial charge is 1.00 e. The summed E-state index contributed by atoms with van der Waals surface area (Å²) in [7, 11) is -13.2. The summed E-state index contributed by atoms with van der Waals surface area (Å²) in [6.07, 6.45) is 26.1. The molecule has 4 aromatic carbocycles. The maximum atomic E-state index is 11.3. The fraction of sp³-hybridized carbons (Fsp3) is 0.488. The van der Waals surface area contributed by atoms with Crippen molar-refractivity contribution < 1.29 is 130 Å². The third-order valence-corrected chi connectivity index (χ3v) is 24.8. The van der Waals surface area contributed by atoms with E-state index in [1.165, 1.54) is 22.3 Å². The van der Waals surface area contributed by atoms with Crippen molar-refractivity contribution in [1.29, 1.82) is 0 Å². The zero-order valence-corrected chi connectivity index (χ0v) is 73.8. The third kappa shape index (κ3) is 24.5. The summed E-state index contributed by atoms with van der Waals surface area (Å²) in [5.74, 6) is -1.47. The molecule has 0 unspecified atom stereocenters. The molecule has 584 valence electrons. The number of para-hydroxylation sites is 4. The summed E-state index contributed by atoms with van der Waals surface area (Å²) in [6.45, 7) is 21.3. The van der Waals surface area contributed by atoms with Gasteiger partial charge in [0.25, 0.3) is 0 Å². The van der Waals surface area contributed by atoms with E-state index in [9.17, 15) is 57.0 Å². The first kappa shape index (κ1) is 93.2. The zero-order valence-electron chi connectivity index (χ0n) is 65.8. The van der Waals surface area contributed by atoms with Crippen LogP contribution in [0.5, 0.6) is 0 Å². The average Bonchev–Trinajstić information content (AvgIpc) is 1.62. The number of hydrogen-bond donors (Lipinski definition) is 3. The second-order valence-electron chi connectivity index (χ2n) is 30.4. The zero-order chi connectivity index (χ0) is 78.3. The molecule has 0 saturated heterocycles. The molecule has 4 aliphatic heterocycles. The Labute approximate surface area is 699 Å². The summed E-state index contributed by atoms with van der Waals surface area (Å²) in [5.41, 5.74) is 17.9. The molecule has 0 bridgehead atoms. The number of benzene rings is 4. The normalized spacial score (nSPS) is 20.5. The van der Waals surface area contributed by atoms with Gasteiger partial charge in [0.1, 0.15) is 20.2 Å². The van der Waals surface area contributed by atoms with Gasteiger partial charge in [-0.1, -0.05) is 150 Å². The van der Waals surface area contributed by atoms with Crippen molar-refractivity contribution in [3.05, 3.63) is 212 Å². The van der Waals surface area contributed by atoms with Crippen LogP contribution in [0.2, 0.25) is 0 Å². The Balaban J connectivity index is 0.000000316. The molecule has 0 spiro atoms. The number of aliphatic hydroxyl groups excluding tert-OH is 2. The molecule has 109 heavy (non-hydrogen) atoms. The Morgan fingerprint density at radius 3 is 1.21 bits per heavy atom. The molecule has 1 saturated carbocycles. The molecule has 1 fully saturated rings. The summed E-state index contributed by atoms with van der Waals surface area (Å²) in [5, 5.41) is 21.5. The van der Waals surface area contributed by atoms with Crippen molar-refractivity contribution in [2.45, 2.75) is 167 Å². The van der Waals surface area contributed by atoms with Crippen LogP contribution >= 0.6 is 11.6 Å². The van der Waals surface area contributed by atoms with Crippen LogP contribution in [0.25, 0.3) is 0 Å². The van der Waals surface area contributed by atoms with Gasteiger partial charge in [-0.2, -0.15) is 4.58 Å². The van der Waals surface area contributed by atoms with E-state index in [4.69, 9.17) is 16.7 Å². The predicted molar refractivity (Wildman–Crippen MR) is 427 cm³/mol. The van der Waals surface area contributed by atoms with Gasteiger partial charge in [0, 0.05) is 140 Å². The molecule has 0 radical (unpaired) electrons. The molecule has 27 heteroatoms. The third-order valence-electron chi connectivity index (χ3n) is 21.2. The van der Waals surface area contributed by atoms with E-state index < -0.39 is 40.5 Å². The average molecular weight is 1610 g/mol. The van der Waals surface area contributed by atoms with E-state index in [1.807, 2.05) is 55.6 Å². The number of halogens is 1. The Hall–Kier alpha value is -4.65. The fourth-order valence-electron chi connectivity index (χ4n) is 15.7. The molecule has 4 heterocycles. The van der Waals surface area contributed by atoms with Crippen molar-refractivity contribution in [3.63, 3.8) is 0 Å². The molecular weight excluding hydrogens is 1500 g/mol. The van der Waals surface area contributed by atoms with Crippen molar-refractivity contribution in [2.75, 3.05) is 104 Å². The van der Waals surface area contributed by atoms with E-state index >= 15 is 0 Å². The standard InChI is InChI=1S/C41H55N3O7S2.C38H47ClN2O6S2.C3H9NO.2Na/c1-40(2)33-17-6-8-19-35(33)43(25-10-12-29-52(46,47)48)37(40)23-21-31-15-14-16-32(39(31)42(5)27-28-45)22-24-38-41(3,4)34-18-7-9-20-36(34)44(38)26-11-13-30-53(49,50)51;1-37(2)30-16-5-7-18-32(30)40(24-9-11-26-48(42,43)44)34(37)22-20-28-14-13-15-29(36(28)39)21-23-35-38(3,4)31-17-6-8-19-33(31)41(35)25-10-12-27-49(45,46)47;1-4-2-3-5;;/h6-9,17-24,45H,10-16,25-30H2,1-5H3,(H-,46,47,48,49,50,51);5-8,16-23H,9-15,24-27H2,1-4H3,(H-,42,43,44,45,46,47);4-5H,2-3H2,1H3;;/q;;;2*+1/p-2. The van der Waals surface area contributed by atoms with E-state index in [2.05, 4.69) is 182 Å². The molecule has 10 rings (SSSR count). The minimum Gasteiger partial charge on any atom is -0.748 e. The number of likely N-dealkylation sites (N-methyl/N-ethyl adjacent to an activating group) is 2. The van der Waals surface area contributed by atoms with Gasteiger partial charge in [0.15, 0.2) is 12.3 Å². The summed E-state index contributed by atoms with van der Waals surface area (Å²) in [6, 6.07) is 33.1. The van der Waals surface area contributed by atoms with Crippen LogP contribution in [0, 0.1) is 0 Å². The molecule has 2 aliphatic carbocycles. The van der Waals surface area contributed by atoms with Crippen LogP contribution in [0.3, 0.4) is 0 Å². The fourth-order valence-corrected chi connectivity index (χ4v) is 18.3. The van der Waals surface area contributed by atoms with Gasteiger partial charge in [0.05, 0.1) is 52.5 Å². The second-order valence-corrected chi connectivity index (χ2v) is 36.8. The van der Waals surface area contributed by atoms with E-state index in [-0.39, 0.29) is 117 Å². The van der Waals surface area contributed by atoms with Crippen molar-refractivity contribution in [2.24, 2.45) is 0 Å². The van der Waals surface area contributed by atoms with Gasteiger partial charge in [-0.05, 0) is 169 Å². The molecule has 3 N–H and O–H groups in total. The van der Waals surface area contributed by atoms with Gasteiger partial charge < -0.3 is 48.4 Å². The maximum absolute atomic E-state index is 11.3. The van der Waals surface area contributed by atoms with Gasteiger partial charge in [-0.25, -0.2) is 38.2 Å². The molecule has 4 aromatic rings. The van der Waals surface area contributed by atoms with Gasteiger partial charge >= 0.3 is 59.1 Å². The quantitative estimate of drug-likeness (QED) is 0.0216. The monoisotopic (exact) mass is 1610 g/mol. The topological polar surface area (TPSA) is 297 Å². The minimum absolute atomic E-state index is 0. The van der Waals surface area contributed by atoms with Crippen LogP contribution in [-0.4, -0.2) is 172 Å². The van der Waals surface area contributed by atoms with Gasteiger partial charge in [-0.3, -0.25) is 0 Å². The van der Waals surface area contributed by atoms with E-state index in [1.54, 1.807) is 7.05 Å². The van der Waals surface area contributed by atoms with Crippen LogP contribution in [0.4, 0.5) is 22.7 Å². The SMILES string of the molecule is CC1(C)C(/C=C/C2=C(Cl)C(=C/C=C3/N(CCCCS(=O)(=O)[O-])c4ccccc4C3(C)C)/CCC2)=[N+](CCCCS(=O)(=O)[O-])c2ccccc21.CNCCO.C[N+](CCO)=C1C(=CC=C2N(CCCCS(=O)(=O)[O-])c3ccccc3C2(C)C)CCC/C1=C\C=C1\N(CCCCS(=O)(=O)[O-])c2ccccc2C1(C)C.[Na+].[Na+]. The number of aliphatic hydroxyl groups is 2. The van der Waals surface area contributed by atoms with Gasteiger partial charge in [-0.15, -0.1) is 0 Å². The molecule has 0 amide bonds. The maximum Gasteiger partial charge on any atom is 1.00 e. The number of fused-ring (bicyclic) bond motifs is 4. The number of rotatable bonds is 29. The van der Waals surface area contributed by atoms with Crippen LogP contribution in [-0.2, 0) is 62.1 Å². The van der Waals surface area contributed by atoms with Crippen molar-refractivity contribution >= 4 is 86.2 Å². The van der Waals surface area contributed by atoms with Crippen molar-refractivity contribution in [3.8, 4) is 0 Å². The van der Waals surface area contributed by atoms with Crippen molar-refractivity contribution in [1.82, 2.24) is 5.32 Å². The minimum atomic E-state index is -4.27. The van der Waals surface area contributed by atoms with Crippen LogP contribution < -0.4 is 79.1 Å². The Bertz CT molecular complexity index is 4550. The summed E-state index contributed by atoms with van der Waals surface area (Å²) >= 11 is 7.12. The van der Waals surface area contributed by atoms with E-state index in [0.29, 0.717) is 90.6 Å². The summed E-state index contributed by atoms with van der Waals surface area (Å²) < 4.78 is 139. The van der Waals surface area contributed by atoms with Gasteiger partial charge in [0.2, 0.25) is 11.4 Å². The molecular formula is C82H109ClN6Na2O14S4. The number of allylic oxidation sites excluding steroid dienone is 16. The van der Waals surface area contributed by atoms with Crippen LogP contribution in [0.15, 0.2) is 190 Å². The van der Waals surface area contributed by atoms with E-state index in [0.717, 1.165) is 117 Å². The smallest absolute Gasteiger partial charge is 0.748 e. The number of hydrogen-bond acceptors (Lipinski definition) is 18. The predicted octanol–water partition coefficient (Wildman–Crippen LogP) is 6.87. The number of anilines is 3. The number of nitrogens with zero attached hydrogens (tertiary/aromatic N) is 5. The second kappa shape index (κ2) is 40.6. The molecule has 6 aliphatic rings. The summed E-state index contributed by atoms with van der Waals surface area (Å²) in [4.78, 5) is 6.75. The van der Waals surface area contributed by atoms with Crippen LogP contribution in [0.1, 0.15) is 168 Å². The first-order valence-corrected chi connectivity index (χ1v) is 43.9. The first-order chi connectivity index (χ1) is 50.4.